The molecule has 2 N–H and O–H groups in total. The molecule has 1 saturated heterocycles. The van der Waals surface area contributed by atoms with Crippen molar-refractivity contribution < 1.29 is 9.53 Å². The van der Waals surface area contributed by atoms with E-state index in [4.69, 9.17) is 4.74 Å². The van der Waals surface area contributed by atoms with Crippen molar-refractivity contribution in [2.45, 2.75) is 44.2 Å². The van der Waals surface area contributed by atoms with Gasteiger partial charge in [0, 0.05) is 44.1 Å². The second-order valence-electron chi connectivity index (χ2n) is 8.12. The van der Waals surface area contributed by atoms with E-state index in [2.05, 4.69) is 38.0 Å². The van der Waals surface area contributed by atoms with Crippen molar-refractivity contribution in [1.29, 1.82) is 0 Å². The Morgan fingerprint density at radius 3 is 2.66 bits per heavy atom. The Morgan fingerprint density at radius 2 is 2.00 bits per heavy atom. The molecule has 1 amide bonds. The van der Waals surface area contributed by atoms with Gasteiger partial charge in [-0.2, -0.15) is 0 Å². The largest absolute Gasteiger partial charge is 0.379 e. The number of carbonyl (C=O) groups is 1. The molecule has 1 aromatic heterocycles. The first-order chi connectivity index (χ1) is 14.1. The molecule has 0 radical (unpaired) electrons. The minimum atomic E-state index is 0.00258. The molecule has 162 valence electrons. The van der Waals surface area contributed by atoms with E-state index in [9.17, 15) is 4.79 Å². The molecule has 29 heavy (non-hydrogen) atoms. The summed E-state index contributed by atoms with van der Waals surface area (Å²) >= 11 is 1.72. The van der Waals surface area contributed by atoms with Crippen LogP contribution in [0.1, 0.15) is 37.0 Å². The van der Waals surface area contributed by atoms with Crippen LogP contribution < -0.4 is 10.6 Å². The van der Waals surface area contributed by atoms with Gasteiger partial charge in [-0.25, -0.2) is 4.99 Å². The molecule has 8 heteroatoms. The van der Waals surface area contributed by atoms with Crippen molar-refractivity contribution in [1.82, 2.24) is 20.4 Å². The molecule has 1 saturated carbocycles. The van der Waals surface area contributed by atoms with Crippen LogP contribution >= 0.6 is 11.3 Å². The van der Waals surface area contributed by atoms with Gasteiger partial charge in [0.1, 0.15) is 6.54 Å². The van der Waals surface area contributed by atoms with E-state index in [0.717, 1.165) is 32.8 Å². The van der Waals surface area contributed by atoms with Crippen molar-refractivity contribution in [3.63, 3.8) is 0 Å². The SMILES string of the molecule is CN(C)C(=O)CN=C(NCc1cccs1)NCC1(N2CCOCC2)CCCCC1. The van der Waals surface area contributed by atoms with Crippen LogP contribution in [0, 0.1) is 0 Å². The van der Waals surface area contributed by atoms with Gasteiger partial charge in [0.25, 0.3) is 0 Å². The van der Waals surface area contributed by atoms with Gasteiger partial charge in [0.2, 0.25) is 5.91 Å². The Hall–Kier alpha value is -1.64. The number of hydrogen-bond donors (Lipinski definition) is 2. The third kappa shape index (κ3) is 6.42. The van der Waals surface area contributed by atoms with Gasteiger partial charge in [0.15, 0.2) is 5.96 Å². The molecule has 0 atom stereocenters. The average Bonchev–Trinajstić information content (AvgIpc) is 3.28. The summed E-state index contributed by atoms with van der Waals surface area (Å²) < 4.78 is 5.59. The number of likely N-dealkylation sites (N-methyl/N-ethyl adjacent to an activating group) is 1. The highest BCUT2D eigenvalue weighted by molar-refractivity contribution is 7.09. The smallest absolute Gasteiger partial charge is 0.243 e. The molecule has 7 nitrogen and oxygen atoms in total. The molecule has 2 aliphatic rings. The summed E-state index contributed by atoms with van der Waals surface area (Å²) in [6.07, 6.45) is 6.27. The Balaban J connectivity index is 1.66. The molecule has 0 unspecified atom stereocenters. The maximum atomic E-state index is 12.0. The molecule has 1 aliphatic carbocycles. The van der Waals surface area contributed by atoms with E-state index in [1.165, 1.54) is 37.0 Å². The number of thiophene rings is 1. The second-order valence-corrected chi connectivity index (χ2v) is 9.16. The highest BCUT2D eigenvalue weighted by Gasteiger charge is 2.38. The molecular weight excluding hydrogens is 386 g/mol. The number of rotatable bonds is 7. The van der Waals surface area contributed by atoms with Gasteiger partial charge in [-0.05, 0) is 24.3 Å². The standard InChI is InChI=1S/C21H35N5O2S/c1-25(2)19(27)16-23-20(22-15-18-7-6-14-29-18)24-17-21(8-4-3-5-9-21)26-10-12-28-13-11-26/h6-7,14H,3-5,8-13,15-17H2,1-2H3,(H2,22,23,24). The van der Waals surface area contributed by atoms with Crippen LogP contribution in [0.25, 0.3) is 0 Å². The van der Waals surface area contributed by atoms with Crippen LogP contribution in [-0.2, 0) is 16.1 Å². The summed E-state index contributed by atoms with van der Waals surface area (Å²) in [5, 5.41) is 9.06. The van der Waals surface area contributed by atoms with Crippen LogP contribution in [0.3, 0.4) is 0 Å². The Kier molecular flexibility index (Phi) is 8.32. The minimum absolute atomic E-state index is 0.00258. The van der Waals surface area contributed by atoms with Gasteiger partial charge < -0.3 is 20.3 Å². The highest BCUT2D eigenvalue weighted by Crippen LogP contribution is 2.33. The normalized spacial score (nSPS) is 20.3. The third-order valence-corrected chi connectivity index (χ3v) is 6.81. The fraction of sp³-hybridized carbons (Fsp3) is 0.714. The van der Waals surface area contributed by atoms with E-state index in [-0.39, 0.29) is 18.0 Å². The molecule has 0 spiro atoms. The number of aliphatic imine (C=N–C) groups is 1. The lowest BCUT2D eigenvalue weighted by atomic mass is 9.80. The van der Waals surface area contributed by atoms with Crippen LogP contribution in [-0.4, -0.2) is 80.7 Å². The number of ether oxygens (including phenoxy) is 1. The molecule has 2 fully saturated rings. The molecular formula is C21H35N5O2S. The van der Waals surface area contributed by atoms with E-state index < -0.39 is 0 Å². The monoisotopic (exact) mass is 421 g/mol. The summed E-state index contributed by atoms with van der Waals surface area (Å²) in [6, 6.07) is 4.16. The predicted octanol–water partition coefficient (Wildman–Crippen LogP) is 1.91. The molecule has 1 aliphatic heterocycles. The minimum Gasteiger partial charge on any atom is -0.379 e. The van der Waals surface area contributed by atoms with Crippen LogP contribution in [0.4, 0.5) is 0 Å². The Labute approximate surface area is 178 Å². The fourth-order valence-electron chi connectivity index (χ4n) is 4.15. The van der Waals surface area contributed by atoms with Gasteiger partial charge in [-0.1, -0.05) is 25.3 Å². The average molecular weight is 422 g/mol. The first-order valence-electron chi connectivity index (χ1n) is 10.7. The second kappa shape index (κ2) is 10.9. The number of nitrogens with one attached hydrogen (secondary N) is 2. The van der Waals surface area contributed by atoms with Crippen LogP contribution in [0.5, 0.6) is 0 Å². The van der Waals surface area contributed by atoms with Crippen molar-refractivity contribution in [3.05, 3.63) is 22.4 Å². The zero-order valence-corrected chi connectivity index (χ0v) is 18.6. The zero-order valence-electron chi connectivity index (χ0n) is 17.8. The quantitative estimate of drug-likeness (QED) is 0.520. The lowest BCUT2D eigenvalue weighted by Crippen LogP contribution is -2.60. The molecule has 3 rings (SSSR count). The number of carbonyl (C=O) groups excluding carboxylic acids is 1. The molecule has 0 bridgehead atoms. The first-order valence-corrected chi connectivity index (χ1v) is 11.5. The van der Waals surface area contributed by atoms with Crippen LogP contribution in [0.2, 0.25) is 0 Å². The number of hydrogen-bond acceptors (Lipinski definition) is 5. The summed E-state index contributed by atoms with van der Waals surface area (Å²) in [7, 11) is 3.53. The maximum Gasteiger partial charge on any atom is 0.243 e. The van der Waals surface area contributed by atoms with E-state index >= 15 is 0 Å². The summed E-state index contributed by atoms with van der Waals surface area (Å²) in [4.78, 5) is 22.1. The molecule has 2 heterocycles. The summed E-state index contributed by atoms with van der Waals surface area (Å²) in [5.41, 5.74) is 0.152. The van der Waals surface area contributed by atoms with Crippen molar-refractivity contribution in [3.8, 4) is 0 Å². The first kappa shape index (κ1) is 22.1. The summed E-state index contributed by atoms with van der Waals surface area (Å²) in [6.45, 7) is 5.33. The number of nitrogens with zero attached hydrogens (tertiary/aromatic N) is 3. The van der Waals surface area contributed by atoms with Gasteiger partial charge >= 0.3 is 0 Å². The van der Waals surface area contributed by atoms with E-state index in [1.54, 1.807) is 30.3 Å². The maximum absolute atomic E-state index is 12.0. The van der Waals surface area contributed by atoms with E-state index in [0.29, 0.717) is 12.5 Å². The molecule has 0 aromatic carbocycles. The zero-order chi connectivity index (χ0) is 20.5. The highest BCUT2D eigenvalue weighted by atomic mass is 32.1. The lowest BCUT2D eigenvalue weighted by Gasteiger charge is -2.48. The topological polar surface area (TPSA) is 69.2 Å². The number of amides is 1. The Bertz CT molecular complexity index is 650. The van der Waals surface area contributed by atoms with Gasteiger partial charge in [-0.3, -0.25) is 9.69 Å². The van der Waals surface area contributed by atoms with Gasteiger partial charge in [0.05, 0.1) is 19.8 Å². The number of morpholine rings is 1. The van der Waals surface area contributed by atoms with Crippen molar-refractivity contribution in [2.75, 3.05) is 53.5 Å². The third-order valence-electron chi connectivity index (χ3n) is 5.93. The molecule has 1 aromatic rings. The van der Waals surface area contributed by atoms with E-state index in [1.807, 2.05) is 0 Å². The predicted molar refractivity (Wildman–Crippen MR) is 118 cm³/mol. The van der Waals surface area contributed by atoms with Crippen molar-refractivity contribution in [2.24, 2.45) is 4.99 Å². The fourth-order valence-corrected chi connectivity index (χ4v) is 4.79. The summed E-state index contributed by atoms with van der Waals surface area (Å²) in [5.74, 6) is 0.717. The van der Waals surface area contributed by atoms with Crippen LogP contribution in [0.15, 0.2) is 22.5 Å². The Morgan fingerprint density at radius 1 is 1.24 bits per heavy atom. The number of guanidine groups is 1. The van der Waals surface area contributed by atoms with Crippen molar-refractivity contribution >= 4 is 23.2 Å². The van der Waals surface area contributed by atoms with Gasteiger partial charge in [-0.15, -0.1) is 11.3 Å². The lowest BCUT2D eigenvalue weighted by molar-refractivity contribution is -0.127.